The van der Waals surface area contributed by atoms with Crippen molar-refractivity contribution in [1.82, 2.24) is 9.62 Å². The second kappa shape index (κ2) is 8.50. The van der Waals surface area contributed by atoms with Gasteiger partial charge in [0.1, 0.15) is 5.82 Å². The molecular weight excluding hydrogens is 435 g/mol. The summed E-state index contributed by atoms with van der Waals surface area (Å²) in [4.78, 5) is 14.4. The van der Waals surface area contributed by atoms with Crippen LogP contribution in [0.3, 0.4) is 0 Å². The van der Waals surface area contributed by atoms with Gasteiger partial charge < -0.3 is 4.90 Å². The minimum Gasteiger partial charge on any atom is -0.339 e. The maximum absolute atomic E-state index is 13.2. The maximum atomic E-state index is 13.2. The molecule has 8 heteroatoms. The van der Waals surface area contributed by atoms with Gasteiger partial charge >= 0.3 is 0 Å². The molecule has 0 saturated carbocycles. The number of sulfonamides is 1. The van der Waals surface area contributed by atoms with Crippen LogP contribution >= 0.6 is 15.9 Å². The van der Waals surface area contributed by atoms with Crippen molar-refractivity contribution in [2.45, 2.75) is 30.7 Å². The summed E-state index contributed by atoms with van der Waals surface area (Å²) in [5.41, 5.74) is 1.23. The van der Waals surface area contributed by atoms with E-state index in [4.69, 9.17) is 0 Å². The molecule has 0 atom stereocenters. The molecule has 2 aromatic rings. The monoisotopic (exact) mass is 454 g/mol. The van der Waals surface area contributed by atoms with Crippen molar-refractivity contribution in [2.24, 2.45) is 0 Å². The number of carbonyl (C=O) groups is 1. The summed E-state index contributed by atoms with van der Waals surface area (Å²) in [5, 5.41) is 0. The van der Waals surface area contributed by atoms with Crippen LogP contribution in [0.15, 0.2) is 51.8 Å². The van der Waals surface area contributed by atoms with Crippen LogP contribution in [0, 0.1) is 5.82 Å². The van der Waals surface area contributed by atoms with Gasteiger partial charge in [0, 0.05) is 29.7 Å². The van der Waals surface area contributed by atoms with Crippen LogP contribution < -0.4 is 4.72 Å². The van der Waals surface area contributed by atoms with E-state index < -0.39 is 15.8 Å². The first-order chi connectivity index (χ1) is 12.9. The van der Waals surface area contributed by atoms with Crippen LogP contribution in [0.4, 0.5) is 4.39 Å². The lowest BCUT2D eigenvalue weighted by molar-refractivity contribution is 0.0724. The number of hydrogen-bond donors (Lipinski definition) is 1. The fraction of sp³-hybridized carbons (Fsp3) is 0.316. The number of nitrogens with one attached hydrogen (secondary N) is 1. The molecule has 1 heterocycles. The first-order valence-corrected chi connectivity index (χ1v) is 11.0. The third-order valence-corrected chi connectivity index (χ3v) is 6.84. The summed E-state index contributed by atoms with van der Waals surface area (Å²) in [6.07, 6.45) is 3.17. The molecule has 144 valence electrons. The average Bonchev–Trinajstić information content (AvgIpc) is 2.66. The van der Waals surface area contributed by atoms with Gasteiger partial charge in [0.15, 0.2) is 0 Å². The van der Waals surface area contributed by atoms with Crippen LogP contribution in [0.25, 0.3) is 0 Å². The molecule has 0 spiro atoms. The number of carbonyl (C=O) groups excluding carboxylic acids is 1. The van der Waals surface area contributed by atoms with Gasteiger partial charge in [0.2, 0.25) is 10.0 Å². The van der Waals surface area contributed by atoms with Crippen molar-refractivity contribution in [3.63, 3.8) is 0 Å². The summed E-state index contributed by atoms with van der Waals surface area (Å²) in [6.45, 7) is 1.55. The minimum absolute atomic E-state index is 0.0271. The van der Waals surface area contributed by atoms with Gasteiger partial charge in [0.25, 0.3) is 5.91 Å². The second-order valence-electron chi connectivity index (χ2n) is 6.45. The van der Waals surface area contributed by atoms with Crippen molar-refractivity contribution in [3.8, 4) is 0 Å². The van der Waals surface area contributed by atoms with Gasteiger partial charge in [-0.3, -0.25) is 4.79 Å². The molecule has 0 bridgehead atoms. The molecule has 0 aromatic heterocycles. The Morgan fingerprint density at radius 1 is 1.11 bits per heavy atom. The number of rotatable bonds is 5. The van der Waals surface area contributed by atoms with Crippen LogP contribution in [-0.4, -0.2) is 32.3 Å². The fourth-order valence-corrected chi connectivity index (χ4v) is 5.11. The maximum Gasteiger partial charge on any atom is 0.253 e. The molecule has 2 aromatic carbocycles. The van der Waals surface area contributed by atoms with E-state index in [0.29, 0.717) is 11.1 Å². The highest BCUT2D eigenvalue weighted by Crippen LogP contribution is 2.23. The Balaban J connectivity index is 1.71. The van der Waals surface area contributed by atoms with Crippen LogP contribution in [0.2, 0.25) is 0 Å². The van der Waals surface area contributed by atoms with Crippen molar-refractivity contribution >= 4 is 31.9 Å². The molecule has 1 aliphatic rings. The van der Waals surface area contributed by atoms with Gasteiger partial charge in [-0.25, -0.2) is 17.5 Å². The normalized spacial score (nSPS) is 15.0. The van der Waals surface area contributed by atoms with E-state index in [9.17, 15) is 17.6 Å². The first kappa shape index (κ1) is 20.0. The number of halogens is 2. The number of piperidine rings is 1. The molecule has 1 N–H and O–H groups in total. The zero-order valence-electron chi connectivity index (χ0n) is 14.6. The second-order valence-corrected chi connectivity index (χ2v) is 9.04. The highest BCUT2D eigenvalue weighted by Gasteiger charge is 2.20. The van der Waals surface area contributed by atoms with Crippen molar-refractivity contribution in [3.05, 3.63) is 63.9 Å². The molecular formula is C19H20BrFN2O3S. The van der Waals surface area contributed by atoms with E-state index in [-0.39, 0.29) is 21.8 Å². The molecule has 27 heavy (non-hydrogen) atoms. The summed E-state index contributed by atoms with van der Waals surface area (Å²) >= 11 is 3.07. The summed E-state index contributed by atoms with van der Waals surface area (Å²) in [5.74, 6) is -0.551. The van der Waals surface area contributed by atoms with E-state index in [0.717, 1.165) is 44.5 Å². The molecule has 5 nitrogen and oxygen atoms in total. The lowest BCUT2D eigenvalue weighted by Crippen LogP contribution is -2.35. The third-order valence-electron chi connectivity index (χ3n) is 4.47. The molecule has 1 fully saturated rings. The predicted octanol–water partition coefficient (Wildman–Crippen LogP) is 3.69. The van der Waals surface area contributed by atoms with Crippen molar-refractivity contribution in [1.29, 1.82) is 0 Å². The van der Waals surface area contributed by atoms with Gasteiger partial charge in [0.05, 0.1) is 4.90 Å². The molecule has 1 aliphatic heterocycles. The fourth-order valence-electron chi connectivity index (χ4n) is 3.04. The van der Waals surface area contributed by atoms with Crippen molar-refractivity contribution in [2.75, 3.05) is 13.1 Å². The Labute approximate surface area is 166 Å². The summed E-state index contributed by atoms with van der Waals surface area (Å²) in [6, 6.07) is 10.4. The number of nitrogens with zero attached hydrogens (tertiary/aromatic N) is 1. The first-order valence-electron chi connectivity index (χ1n) is 8.70. The number of hydrogen-bond acceptors (Lipinski definition) is 3. The zero-order chi connectivity index (χ0) is 19.4. The molecule has 1 saturated heterocycles. The number of amides is 1. The highest BCUT2D eigenvalue weighted by molar-refractivity contribution is 9.10. The summed E-state index contributed by atoms with van der Waals surface area (Å²) < 4.78 is 40.8. The Kier molecular flexibility index (Phi) is 6.29. The number of benzene rings is 2. The van der Waals surface area contributed by atoms with Crippen molar-refractivity contribution < 1.29 is 17.6 Å². The molecule has 1 amide bonds. The lowest BCUT2D eigenvalue weighted by atomic mass is 10.1. The van der Waals surface area contributed by atoms with E-state index in [1.54, 1.807) is 24.3 Å². The van der Waals surface area contributed by atoms with E-state index in [2.05, 4.69) is 20.7 Å². The summed E-state index contributed by atoms with van der Waals surface area (Å²) in [7, 11) is -3.82. The Morgan fingerprint density at radius 3 is 2.56 bits per heavy atom. The zero-order valence-corrected chi connectivity index (χ0v) is 17.0. The molecule has 0 aliphatic carbocycles. The Bertz CT molecular complexity index is 944. The Morgan fingerprint density at radius 2 is 1.85 bits per heavy atom. The highest BCUT2D eigenvalue weighted by atomic mass is 79.9. The van der Waals surface area contributed by atoms with E-state index >= 15 is 0 Å². The lowest BCUT2D eigenvalue weighted by Gasteiger charge is -2.26. The van der Waals surface area contributed by atoms with E-state index in [1.165, 1.54) is 6.07 Å². The topological polar surface area (TPSA) is 66.5 Å². The van der Waals surface area contributed by atoms with Crippen LogP contribution in [-0.2, 0) is 16.6 Å². The molecule has 0 radical (unpaired) electrons. The smallest absolute Gasteiger partial charge is 0.253 e. The SMILES string of the molecule is O=C(c1cccc(CNS(=O)(=O)c2ccc(F)cc2Br)c1)N1CCCCC1. The van der Waals surface area contributed by atoms with Gasteiger partial charge in [-0.05, 0) is 71.1 Å². The van der Waals surface area contributed by atoms with Gasteiger partial charge in [-0.2, -0.15) is 0 Å². The van der Waals surface area contributed by atoms with Gasteiger partial charge in [-0.1, -0.05) is 12.1 Å². The third kappa shape index (κ3) is 4.94. The Hall–Kier alpha value is -1.77. The van der Waals surface area contributed by atoms with E-state index in [1.807, 2.05) is 4.90 Å². The predicted molar refractivity (Wildman–Crippen MR) is 104 cm³/mol. The molecule has 0 unspecified atom stereocenters. The number of likely N-dealkylation sites (tertiary alicyclic amines) is 1. The van der Waals surface area contributed by atoms with Crippen LogP contribution in [0.1, 0.15) is 35.2 Å². The van der Waals surface area contributed by atoms with Gasteiger partial charge in [-0.15, -0.1) is 0 Å². The van der Waals surface area contributed by atoms with Crippen LogP contribution in [0.5, 0.6) is 0 Å². The minimum atomic E-state index is -3.82. The quantitative estimate of drug-likeness (QED) is 0.748. The largest absolute Gasteiger partial charge is 0.339 e. The standard InChI is InChI=1S/C19H20BrFN2O3S/c20-17-12-16(21)7-8-18(17)27(25,26)22-13-14-5-4-6-15(11-14)19(24)23-9-2-1-3-10-23/h4-8,11-12,22H,1-3,9-10,13H2. The molecule has 3 rings (SSSR count). The average molecular weight is 455 g/mol.